The van der Waals surface area contributed by atoms with Crippen LogP contribution in [0.2, 0.25) is 0 Å². The highest BCUT2D eigenvalue weighted by atomic mass is 16.2. The van der Waals surface area contributed by atoms with Crippen LogP contribution in [0.4, 0.5) is 0 Å². The molecular formula is C22H21N3O3. The van der Waals surface area contributed by atoms with E-state index in [0.717, 1.165) is 22.0 Å². The van der Waals surface area contributed by atoms with Crippen molar-refractivity contribution >= 4 is 35.1 Å². The third kappa shape index (κ3) is 4.73. The summed E-state index contributed by atoms with van der Waals surface area (Å²) in [6, 6.07) is 16.2. The second-order valence-corrected chi connectivity index (χ2v) is 6.43. The number of carbonyl (C=O) groups excluding carboxylic acids is 3. The van der Waals surface area contributed by atoms with Crippen molar-refractivity contribution in [2.75, 3.05) is 0 Å². The van der Waals surface area contributed by atoms with Gasteiger partial charge in [-0.1, -0.05) is 48.5 Å². The summed E-state index contributed by atoms with van der Waals surface area (Å²) < 4.78 is 0. The molecule has 1 heterocycles. The quantitative estimate of drug-likeness (QED) is 0.438. The van der Waals surface area contributed by atoms with Gasteiger partial charge in [-0.25, -0.2) is 0 Å². The van der Waals surface area contributed by atoms with E-state index in [4.69, 9.17) is 0 Å². The van der Waals surface area contributed by atoms with Crippen molar-refractivity contribution in [2.24, 2.45) is 0 Å². The number of hydrogen-bond donors (Lipinski definition) is 3. The van der Waals surface area contributed by atoms with Crippen molar-refractivity contribution in [1.29, 1.82) is 0 Å². The van der Waals surface area contributed by atoms with Gasteiger partial charge in [0.15, 0.2) is 0 Å². The van der Waals surface area contributed by atoms with Crippen LogP contribution in [-0.2, 0) is 20.8 Å². The van der Waals surface area contributed by atoms with Crippen LogP contribution in [0.5, 0.6) is 0 Å². The minimum absolute atomic E-state index is 0.0875. The first-order chi connectivity index (χ1) is 13.6. The Morgan fingerprint density at radius 1 is 1.07 bits per heavy atom. The van der Waals surface area contributed by atoms with Crippen LogP contribution in [0.3, 0.4) is 0 Å². The van der Waals surface area contributed by atoms with Crippen molar-refractivity contribution < 1.29 is 14.4 Å². The van der Waals surface area contributed by atoms with Gasteiger partial charge < -0.3 is 20.4 Å². The number of fused-ring (bicyclic) bond motifs is 1. The summed E-state index contributed by atoms with van der Waals surface area (Å²) in [6.07, 6.45) is 4.46. The Bertz CT molecular complexity index is 1020. The first-order valence-electron chi connectivity index (χ1n) is 8.92. The molecule has 0 saturated heterocycles. The minimum atomic E-state index is -0.723. The zero-order chi connectivity index (χ0) is 19.9. The molecule has 0 fully saturated rings. The van der Waals surface area contributed by atoms with E-state index in [1.54, 1.807) is 6.08 Å². The van der Waals surface area contributed by atoms with Gasteiger partial charge in [-0.3, -0.25) is 9.59 Å². The first kappa shape index (κ1) is 19.1. The number of carbonyl (C=O) groups is 3. The smallest absolute Gasteiger partial charge is 0.268 e. The number of amides is 2. The van der Waals surface area contributed by atoms with E-state index in [0.29, 0.717) is 12.7 Å². The molecule has 28 heavy (non-hydrogen) atoms. The summed E-state index contributed by atoms with van der Waals surface area (Å²) in [6.45, 7) is 1.33. The van der Waals surface area contributed by atoms with Crippen molar-refractivity contribution in [3.05, 3.63) is 77.6 Å². The summed E-state index contributed by atoms with van der Waals surface area (Å²) in [5.74, 6) is -0.882. The van der Waals surface area contributed by atoms with Crippen LogP contribution < -0.4 is 10.6 Å². The molecule has 0 bridgehead atoms. The summed E-state index contributed by atoms with van der Waals surface area (Å²) in [5, 5.41) is 6.23. The lowest BCUT2D eigenvalue weighted by molar-refractivity contribution is -0.123. The Morgan fingerprint density at radius 3 is 2.50 bits per heavy atom. The molecule has 1 atom stereocenters. The molecule has 142 valence electrons. The maximum atomic E-state index is 12.7. The molecule has 0 aliphatic carbocycles. The van der Waals surface area contributed by atoms with Crippen molar-refractivity contribution in [1.82, 2.24) is 15.6 Å². The maximum Gasteiger partial charge on any atom is 0.268 e. The molecule has 0 spiro atoms. The number of aromatic amines is 1. The van der Waals surface area contributed by atoms with Gasteiger partial charge in [0.25, 0.3) is 5.91 Å². The standard InChI is InChI=1S/C22H21N3O3/c1-15(27)24-21(11-16-7-3-2-4-8-16)22(28)25-18(14-26)12-17-13-23-20-10-6-5-9-19(17)20/h2-11,13-14,18,23H,12H2,1H3,(H,24,27)(H,25,28)/b21-11+/t18-/m1/s1. The SMILES string of the molecule is CC(=O)N/C(=C/c1ccccc1)C(=O)N[C@@H](C=O)Cc1c[nH]c2ccccc12. The summed E-state index contributed by atoms with van der Waals surface area (Å²) in [5.41, 5.74) is 2.75. The van der Waals surface area contributed by atoms with Gasteiger partial charge in [0, 0.05) is 30.4 Å². The molecule has 1 aromatic heterocycles. The molecule has 0 aliphatic rings. The average molecular weight is 375 g/mol. The van der Waals surface area contributed by atoms with Gasteiger partial charge >= 0.3 is 0 Å². The number of hydrogen-bond acceptors (Lipinski definition) is 3. The highest BCUT2D eigenvalue weighted by molar-refractivity contribution is 6.01. The van der Waals surface area contributed by atoms with Crippen LogP contribution in [0, 0.1) is 0 Å². The average Bonchev–Trinajstić information content (AvgIpc) is 3.10. The fourth-order valence-corrected chi connectivity index (χ4v) is 2.98. The summed E-state index contributed by atoms with van der Waals surface area (Å²) >= 11 is 0. The van der Waals surface area contributed by atoms with Gasteiger partial charge in [0.2, 0.25) is 5.91 Å². The van der Waals surface area contributed by atoms with E-state index in [1.165, 1.54) is 6.92 Å². The van der Waals surface area contributed by atoms with E-state index in [9.17, 15) is 14.4 Å². The van der Waals surface area contributed by atoms with Crippen LogP contribution in [-0.4, -0.2) is 29.1 Å². The summed E-state index contributed by atoms with van der Waals surface area (Å²) in [7, 11) is 0. The Hall–Kier alpha value is -3.67. The first-order valence-corrected chi connectivity index (χ1v) is 8.92. The fourth-order valence-electron chi connectivity index (χ4n) is 2.98. The zero-order valence-electron chi connectivity index (χ0n) is 15.4. The lowest BCUT2D eigenvalue weighted by atomic mass is 10.1. The molecule has 0 unspecified atom stereocenters. The van der Waals surface area contributed by atoms with Crippen LogP contribution >= 0.6 is 0 Å². The predicted molar refractivity (Wildman–Crippen MR) is 108 cm³/mol. The lowest BCUT2D eigenvalue weighted by Crippen LogP contribution is -2.41. The molecular weight excluding hydrogens is 354 g/mol. The Morgan fingerprint density at radius 2 is 1.79 bits per heavy atom. The number of benzene rings is 2. The molecule has 3 aromatic rings. The molecule has 3 rings (SSSR count). The molecule has 2 amide bonds. The second-order valence-electron chi connectivity index (χ2n) is 6.43. The van der Waals surface area contributed by atoms with Crippen molar-refractivity contribution in [3.8, 4) is 0 Å². The van der Waals surface area contributed by atoms with Crippen LogP contribution in [0.15, 0.2) is 66.5 Å². The molecule has 0 saturated carbocycles. The number of rotatable bonds is 7. The van der Waals surface area contributed by atoms with E-state index in [1.807, 2.05) is 60.8 Å². The number of nitrogens with one attached hydrogen (secondary N) is 3. The third-order valence-electron chi connectivity index (χ3n) is 4.26. The second kappa shape index (κ2) is 8.81. The monoisotopic (exact) mass is 375 g/mol. The van der Waals surface area contributed by atoms with E-state index in [2.05, 4.69) is 15.6 Å². The number of H-pyrrole nitrogens is 1. The number of aromatic nitrogens is 1. The Labute approximate surface area is 162 Å². The molecule has 6 heteroatoms. The Balaban J connectivity index is 1.78. The molecule has 2 aromatic carbocycles. The predicted octanol–water partition coefficient (Wildman–Crippen LogP) is 2.57. The fraction of sp³-hybridized carbons (Fsp3) is 0.136. The zero-order valence-corrected chi connectivity index (χ0v) is 15.4. The minimum Gasteiger partial charge on any atom is -0.361 e. The van der Waals surface area contributed by atoms with Crippen LogP contribution in [0.1, 0.15) is 18.1 Å². The molecule has 0 radical (unpaired) electrons. The lowest BCUT2D eigenvalue weighted by Gasteiger charge is -2.15. The normalized spacial score (nSPS) is 12.4. The molecule has 0 aliphatic heterocycles. The van der Waals surface area contributed by atoms with Crippen molar-refractivity contribution in [3.63, 3.8) is 0 Å². The summed E-state index contributed by atoms with van der Waals surface area (Å²) in [4.78, 5) is 38.9. The van der Waals surface area contributed by atoms with Gasteiger partial charge in [-0.05, 0) is 23.3 Å². The van der Waals surface area contributed by atoms with Gasteiger partial charge in [0.05, 0.1) is 6.04 Å². The maximum absolute atomic E-state index is 12.7. The third-order valence-corrected chi connectivity index (χ3v) is 4.26. The van der Waals surface area contributed by atoms with E-state index < -0.39 is 11.9 Å². The van der Waals surface area contributed by atoms with E-state index >= 15 is 0 Å². The highest BCUT2D eigenvalue weighted by Gasteiger charge is 2.18. The van der Waals surface area contributed by atoms with Gasteiger partial charge in [0.1, 0.15) is 12.0 Å². The molecule has 3 N–H and O–H groups in total. The van der Waals surface area contributed by atoms with Crippen LogP contribution in [0.25, 0.3) is 17.0 Å². The molecule has 6 nitrogen and oxygen atoms in total. The Kier molecular flexibility index (Phi) is 6.01. The topological polar surface area (TPSA) is 91.1 Å². The highest BCUT2D eigenvalue weighted by Crippen LogP contribution is 2.19. The van der Waals surface area contributed by atoms with E-state index in [-0.39, 0.29) is 11.6 Å². The van der Waals surface area contributed by atoms with Crippen molar-refractivity contribution in [2.45, 2.75) is 19.4 Å². The van der Waals surface area contributed by atoms with Gasteiger partial charge in [-0.15, -0.1) is 0 Å². The largest absolute Gasteiger partial charge is 0.361 e. The van der Waals surface area contributed by atoms with Gasteiger partial charge in [-0.2, -0.15) is 0 Å². The number of aldehydes is 1. The number of para-hydroxylation sites is 1.